The van der Waals surface area contributed by atoms with Crippen LogP contribution in [0.2, 0.25) is 0 Å². The first-order chi connectivity index (χ1) is 56.2. The topological polar surface area (TPSA) is 188 Å². The summed E-state index contributed by atoms with van der Waals surface area (Å²) in [6.07, 6.45) is 0. The first-order valence-electron chi connectivity index (χ1n) is 36.9. The van der Waals surface area contributed by atoms with Crippen molar-refractivity contribution in [2.45, 2.75) is 0 Å². The minimum absolute atomic E-state index is 0.142. The third kappa shape index (κ3) is 12.6. The summed E-state index contributed by atoms with van der Waals surface area (Å²) in [6.45, 7) is 0. The predicted molar refractivity (Wildman–Crippen MR) is 444 cm³/mol. The molecule has 0 bridgehead atoms. The molecule has 6 aromatic heterocycles. The lowest BCUT2D eigenvalue weighted by molar-refractivity contribution is 0.584. The maximum atomic E-state index is 16.0. The van der Waals surface area contributed by atoms with Crippen LogP contribution in [0.3, 0.4) is 0 Å². The first kappa shape index (κ1) is 67.4. The summed E-state index contributed by atoms with van der Waals surface area (Å²) in [6, 6.07) is 113. The van der Waals surface area contributed by atoms with Gasteiger partial charge in [0.25, 0.3) is 0 Å². The van der Waals surface area contributed by atoms with Gasteiger partial charge in [-0.3, -0.25) is 0 Å². The van der Waals surface area contributed by atoms with Gasteiger partial charge in [0.2, 0.25) is 0 Å². The quantitative estimate of drug-likeness (QED) is 0.0944. The number of hydrogen-bond acceptors (Lipinski definition) is 13. The lowest BCUT2D eigenvalue weighted by Gasteiger charge is -2.20. The molecule has 0 radical (unpaired) electrons. The van der Waals surface area contributed by atoms with Crippen molar-refractivity contribution in [3.63, 3.8) is 0 Å². The van der Waals surface area contributed by atoms with Gasteiger partial charge in [0.1, 0.15) is 11.6 Å². The van der Waals surface area contributed by atoms with E-state index < -0.39 is 11.6 Å². The number of nitriles is 1. The number of rotatable bonds is 15. The smallest absolute Gasteiger partial charge is 0.164 e. The highest BCUT2D eigenvalue weighted by atomic mass is 19.1. The predicted octanol–water partition coefficient (Wildman–Crippen LogP) is 22.4. The zero-order valence-electron chi connectivity index (χ0n) is 60.4. The molecular formula is C97H57F2N15. The molecule has 0 amide bonds. The second kappa shape index (κ2) is 28.6. The van der Waals surface area contributed by atoms with E-state index >= 15 is 8.78 Å². The number of nitrogens with zero attached hydrogens (tertiary/aromatic N) is 15. The minimum atomic E-state index is -0.811. The molecule has 17 heteroatoms. The molecule has 14 aromatic carbocycles. The third-order valence-electron chi connectivity index (χ3n) is 20.3. The van der Waals surface area contributed by atoms with E-state index in [1.54, 1.807) is 0 Å². The van der Waals surface area contributed by atoms with Crippen LogP contribution in [0.25, 0.3) is 203 Å². The molecule has 534 valence electrons. The van der Waals surface area contributed by atoms with Crippen LogP contribution in [-0.2, 0) is 0 Å². The highest BCUT2D eigenvalue weighted by molar-refractivity contribution is 6.14. The molecular weight excluding hydrogens is 1410 g/mol. The lowest BCUT2D eigenvalue weighted by Crippen LogP contribution is -2.06. The van der Waals surface area contributed by atoms with Gasteiger partial charge in [0, 0.05) is 99.9 Å². The normalized spacial score (nSPS) is 11.4. The molecule has 0 unspecified atom stereocenters. The molecule has 0 aliphatic rings. The summed E-state index contributed by atoms with van der Waals surface area (Å²) < 4.78 is 36.3. The Labute approximate surface area is 651 Å². The fourth-order valence-electron chi connectivity index (χ4n) is 14.8. The van der Waals surface area contributed by atoms with Crippen LogP contribution >= 0.6 is 0 Å². The van der Waals surface area contributed by atoms with Crippen LogP contribution in [-0.4, -0.2) is 68.9 Å². The van der Waals surface area contributed by atoms with E-state index in [9.17, 15) is 5.26 Å². The Balaban J connectivity index is 0.876. The average Bonchev–Trinajstić information content (AvgIpc) is 1.55. The van der Waals surface area contributed by atoms with Crippen molar-refractivity contribution < 1.29 is 8.78 Å². The van der Waals surface area contributed by atoms with Gasteiger partial charge in [-0.15, -0.1) is 0 Å². The van der Waals surface area contributed by atoms with Gasteiger partial charge in [-0.1, -0.05) is 243 Å². The van der Waals surface area contributed by atoms with Crippen molar-refractivity contribution in [2.24, 2.45) is 0 Å². The molecule has 6 heterocycles. The molecule has 0 aliphatic carbocycles. The van der Waals surface area contributed by atoms with Crippen molar-refractivity contribution in [2.75, 3.05) is 0 Å². The molecule has 0 N–H and O–H groups in total. The average molecular weight is 1470 g/mol. The Morgan fingerprint density at radius 2 is 0.404 bits per heavy atom. The van der Waals surface area contributed by atoms with Crippen LogP contribution in [0.15, 0.2) is 346 Å². The highest BCUT2D eigenvalue weighted by Gasteiger charge is 2.27. The zero-order chi connectivity index (χ0) is 76.2. The molecule has 0 spiro atoms. The van der Waals surface area contributed by atoms with E-state index in [0.29, 0.717) is 126 Å². The summed E-state index contributed by atoms with van der Waals surface area (Å²) in [5.41, 5.74) is 13.7. The van der Waals surface area contributed by atoms with Crippen molar-refractivity contribution in [1.29, 1.82) is 5.26 Å². The molecule has 0 aliphatic heterocycles. The van der Waals surface area contributed by atoms with E-state index in [4.69, 9.17) is 59.8 Å². The summed E-state index contributed by atoms with van der Waals surface area (Å²) in [5, 5.41) is 14.8. The molecule has 0 fully saturated rings. The van der Waals surface area contributed by atoms with E-state index in [2.05, 4.69) is 39.5 Å². The SMILES string of the molecule is N#Cc1cc(-n2c3ccc(-c4nc(-c5ccccc5)nc(-c5ccccc5)n4)cc3c3cc(-c4nc(-c5ccccc5)nc(-c5ccccc5)n4)ccc32)c(-n2c3ccc(-c4nc(-c5ccccc5)nc(-c5ccccc5)n4)cc3c3cc(-c4nc(-c5ccccc5)nc(-c5ccccc5)n4)ccc32)cc1-c1cc(F)cc(F)c1. The zero-order valence-corrected chi connectivity index (χ0v) is 60.4. The third-order valence-corrected chi connectivity index (χ3v) is 20.3. The molecule has 0 saturated carbocycles. The second-order valence-corrected chi connectivity index (χ2v) is 27.4. The van der Waals surface area contributed by atoms with Gasteiger partial charge in [-0.05, 0) is 103 Å². The summed E-state index contributed by atoms with van der Waals surface area (Å²) in [4.78, 5) is 62.0. The largest absolute Gasteiger partial charge is 0.307 e. The molecule has 114 heavy (non-hydrogen) atoms. The maximum absolute atomic E-state index is 16.0. The van der Waals surface area contributed by atoms with Gasteiger partial charge >= 0.3 is 0 Å². The number of benzene rings is 14. The Kier molecular flexibility index (Phi) is 16.9. The maximum Gasteiger partial charge on any atom is 0.164 e. The van der Waals surface area contributed by atoms with Gasteiger partial charge < -0.3 is 9.13 Å². The summed E-state index contributed by atoms with van der Waals surface area (Å²) in [5.74, 6) is 3.99. The Morgan fingerprint density at radius 3 is 0.614 bits per heavy atom. The molecule has 20 aromatic rings. The number of aromatic nitrogens is 14. The Morgan fingerprint density at radius 1 is 0.202 bits per heavy atom. The first-order valence-corrected chi connectivity index (χ1v) is 36.9. The van der Waals surface area contributed by atoms with E-state index in [1.807, 2.05) is 303 Å². The van der Waals surface area contributed by atoms with Crippen molar-refractivity contribution >= 4 is 43.6 Å². The van der Waals surface area contributed by atoms with Crippen molar-refractivity contribution in [1.82, 2.24) is 68.9 Å². The Hall–Kier alpha value is -15.9. The van der Waals surface area contributed by atoms with Gasteiger partial charge in [-0.25, -0.2) is 68.6 Å². The Bertz CT molecular complexity index is 6560. The number of halogens is 2. The molecule has 0 atom stereocenters. The van der Waals surface area contributed by atoms with E-state index in [1.165, 1.54) is 12.1 Å². The van der Waals surface area contributed by atoms with Crippen molar-refractivity contribution in [3.05, 3.63) is 363 Å². The van der Waals surface area contributed by atoms with Crippen LogP contribution in [0.5, 0.6) is 0 Å². The summed E-state index contributed by atoms with van der Waals surface area (Å²) in [7, 11) is 0. The lowest BCUT2D eigenvalue weighted by atomic mass is 9.97. The number of hydrogen-bond donors (Lipinski definition) is 0. The highest BCUT2D eigenvalue weighted by Crippen LogP contribution is 2.45. The van der Waals surface area contributed by atoms with Crippen LogP contribution < -0.4 is 0 Å². The van der Waals surface area contributed by atoms with E-state index in [-0.39, 0.29) is 16.7 Å². The molecule has 15 nitrogen and oxygen atoms in total. The molecule has 0 saturated heterocycles. The fraction of sp³-hybridized carbons (Fsp3) is 0. The standard InChI is InChI=1S/C97H57F2N15/c98-73-49-71(50-74(99)56-73)75-57-85(114-82-47-43-69(96-109-90(63-33-17-5-18-34-63)103-91(110-96)64-35-19-6-20-36-64)53-78(82)79-54-70(44-48-83(79)114)97-111-92(65-37-21-7-22-38-65)104-93(112-97)66-39-23-8-24-40-66)84(55-72(75)58-100)113-80-45-41-67(94-105-86(59-25-9-1-10-26-59)101-87(106-94)60-27-11-2-12-28-60)51-76(80)77-52-68(42-46-81(77)113)95-107-88(61-29-13-3-14-30-61)102-89(108-95)62-31-15-4-16-32-62/h1-57H. The second-order valence-electron chi connectivity index (χ2n) is 27.4. The summed E-state index contributed by atoms with van der Waals surface area (Å²) >= 11 is 0. The minimum Gasteiger partial charge on any atom is -0.307 e. The van der Waals surface area contributed by atoms with Crippen molar-refractivity contribution in [3.8, 4) is 165 Å². The van der Waals surface area contributed by atoms with Gasteiger partial charge in [0.05, 0.1) is 45.1 Å². The van der Waals surface area contributed by atoms with Gasteiger partial charge in [-0.2, -0.15) is 5.26 Å². The van der Waals surface area contributed by atoms with Gasteiger partial charge in [0.15, 0.2) is 69.9 Å². The van der Waals surface area contributed by atoms with Crippen LogP contribution in [0.4, 0.5) is 8.78 Å². The molecule has 20 rings (SSSR count). The van der Waals surface area contributed by atoms with E-state index in [0.717, 1.165) is 72.1 Å². The number of fused-ring (bicyclic) bond motifs is 6. The fourth-order valence-corrected chi connectivity index (χ4v) is 14.8. The van der Waals surface area contributed by atoms with Crippen LogP contribution in [0.1, 0.15) is 5.56 Å². The monoisotopic (exact) mass is 1470 g/mol. The van der Waals surface area contributed by atoms with Crippen LogP contribution in [0, 0.1) is 23.0 Å².